The van der Waals surface area contributed by atoms with Gasteiger partial charge in [0.2, 0.25) is 27.7 Å². The second kappa shape index (κ2) is 16.2. The van der Waals surface area contributed by atoms with Crippen LogP contribution >= 0.6 is 0 Å². The molecule has 2 aromatic rings. The summed E-state index contributed by atoms with van der Waals surface area (Å²) in [7, 11) is 0.857. The highest BCUT2D eigenvalue weighted by Gasteiger charge is 2.64. The number of hydrogen-bond acceptors (Lipinski definition) is 11. The highest BCUT2D eigenvalue weighted by atomic mass is 32.2. The fourth-order valence-corrected chi connectivity index (χ4v) is 9.41. The van der Waals surface area contributed by atoms with E-state index in [1.54, 1.807) is 33.9 Å². The van der Waals surface area contributed by atoms with Gasteiger partial charge in [-0.3, -0.25) is 19.1 Å². The van der Waals surface area contributed by atoms with Gasteiger partial charge < -0.3 is 34.6 Å². The lowest BCUT2D eigenvalue weighted by Gasteiger charge is -2.33. The standard InChI is InChI=1S/C41H57FN6O9S/c1-24-11-9-10-12-27-21-41(27,37(51)46-58(53,54)40(23-42)15-16-40)45-34(49)31-20-29(22-48(31)36(50)33(25(2)17-24)44-38(52)57-39(3,4)5)56-35-30-14-13-28(55-8)18-26(30)19-32(43-35)47(6)7/h10,12-14,18-19,24-25,27,29,31,33H,9,11,15-17,20-23H2,1-8H3,(H,44,52)(H,45,49)(H,46,51)/b12-10-/t24-,25-,27-,29-,31+,33+,41-/m1/s1. The van der Waals surface area contributed by atoms with Crippen molar-refractivity contribution in [1.82, 2.24) is 25.2 Å². The van der Waals surface area contributed by atoms with Crippen LogP contribution in [0.25, 0.3) is 10.8 Å². The monoisotopic (exact) mass is 828 g/mol. The van der Waals surface area contributed by atoms with Crippen molar-refractivity contribution in [2.45, 2.75) is 114 Å². The van der Waals surface area contributed by atoms with E-state index in [1.807, 2.05) is 56.3 Å². The van der Waals surface area contributed by atoms with Gasteiger partial charge in [0, 0.05) is 31.8 Å². The number of carbonyl (C=O) groups is 4. The number of sulfonamides is 1. The third-order valence-electron chi connectivity index (χ3n) is 11.7. The van der Waals surface area contributed by atoms with Crippen LogP contribution in [0.4, 0.5) is 15.0 Å². The highest BCUT2D eigenvalue weighted by Crippen LogP contribution is 2.48. The zero-order chi connectivity index (χ0) is 42.4. The van der Waals surface area contributed by atoms with Gasteiger partial charge in [-0.15, -0.1) is 0 Å². The number of nitrogens with zero attached hydrogens (tertiary/aromatic N) is 3. The van der Waals surface area contributed by atoms with Gasteiger partial charge in [0.05, 0.1) is 13.7 Å². The van der Waals surface area contributed by atoms with Gasteiger partial charge in [0.1, 0.15) is 52.3 Å². The molecule has 7 atom stereocenters. The fourth-order valence-electron chi connectivity index (χ4n) is 7.98. The molecule has 318 valence electrons. The molecule has 17 heteroatoms. The van der Waals surface area contributed by atoms with Crippen LogP contribution in [-0.2, 0) is 29.1 Å². The number of fused-ring (bicyclic) bond motifs is 3. The van der Waals surface area contributed by atoms with Crippen LogP contribution in [-0.4, -0.2) is 111 Å². The molecule has 0 spiro atoms. The van der Waals surface area contributed by atoms with Crippen LogP contribution in [0.1, 0.15) is 79.6 Å². The van der Waals surface area contributed by atoms with Gasteiger partial charge in [-0.05, 0) is 101 Å². The Kier molecular flexibility index (Phi) is 12.0. The number of rotatable bonds is 9. The average molecular weight is 829 g/mol. The van der Waals surface area contributed by atoms with E-state index in [9.17, 15) is 32.0 Å². The predicted molar refractivity (Wildman–Crippen MR) is 216 cm³/mol. The van der Waals surface area contributed by atoms with E-state index in [1.165, 1.54) is 4.90 Å². The van der Waals surface area contributed by atoms with E-state index in [0.717, 1.165) is 11.8 Å². The summed E-state index contributed by atoms with van der Waals surface area (Å²) < 4.78 is 58.4. The molecule has 1 saturated heterocycles. The molecule has 2 saturated carbocycles. The number of hydrogen-bond donors (Lipinski definition) is 3. The first kappa shape index (κ1) is 42.9. The normalized spacial score (nSPS) is 29.1. The summed E-state index contributed by atoms with van der Waals surface area (Å²) in [6.45, 7) is 7.87. The molecule has 1 aromatic carbocycles. The van der Waals surface area contributed by atoms with Crippen LogP contribution in [0.15, 0.2) is 36.4 Å². The largest absolute Gasteiger partial charge is 0.497 e. The zero-order valence-electron chi connectivity index (χ0n) is 34.6. The Morgan fingerprint density at radius 2 is 1.84 bits per heavy atom. The van der Waals surface area contributed by atoms with Crippen LogP contribution < -0.4 is 29.7 Å². The summed E-state index contributed by atoms with van der Waals surface area (Å²) >= 11 is 0. The number of allylic oxidation sites excluding steroid dienone is 1. The van der Waals surface area contributed by atoms with Crippen molar-refractivity contribution in [1.29, 1.82) is 0 Å². The number of benzene rings is 1. The quantitative estimate of drug-likeness (QED) is 0.305. The highest BCUT2D eigenvalue weighted by molar-refractivity contribution is 7.91. The first-order valence-electron chi connectivity index (χ1n) is 20.0. The van der Waals surface area contributed by atoms with Crippen LogP contribution in [0.2, 0.25) is 0 Å². The smallest absolute Gasteiger partial charge is 0.408 e. The summed E-state index contributed by atoms with van der Waals surface area (Å²) in [4.78, 5) is 64.7. The van der Waals surface area contributed by atoms with E-state index in [4.69, 9.17) is 19.2 Å². The number of anilines is 1. The summed E-state index contributed by atoms with van der Waals surface area (Å²) in [5.41, 5.74) is -2.51. The number of nitrogens with one attached hydrogen (secondary N) is 3. The predicted octanol–water partition coefficient (Wildman–Crippen LogP) is 4.39. The summed E-state index contributed by atoms with van der Waals surface area (Å²) in [6.07, 6.45) is 4.31. The molecule has 0 unspecified atom stereocenters. The lowest BCUT2D eigenvalue weighted by molar-refractivity contribution is -0.142. The molecule has 15 nitrogen and oxygen atoms in total. The van der Waals surface area contributed by atoms with Gasteiger partial charge >= 0.3 is 6.09 Å². The second-order valence-corrected chi connectivity index (χ2v) is 19.8. The molecule has 0 bridgehead atoms. The van der Waals surface area contributed by atoms with E-state index in [2.05, 4.69) is 22.3 Å². The van der Waals surface area contributed by atoms with Gasteiger partial charge in [0.15, 0.2) is 0 Å². The minimum absolute atomic E-state index is 0.0193. The molecule has 2 aliphatic carbocycles. The number of aromatic nitrogens is 1. The molecule has 0 radical (unpaired) electrons. The molecule has 58 heavy (non-hydrogen) atoms. The first-order valence-corrected chi connectivity index (χ1v) is 21.4. The molecule has 3 heterocycles. The number of pyridine rings is 1. The lowest BCUT2D eigenvalue weighted by Crippen LogP contribution is -2.59. The minimum Gasteiger partial charge on any atom is -0.497 e. The SMILES string of the molecule is COc1ccc2c(O[C@@H]3C[C@H]4C(=O)N[C@]5(C(=O)NS(=O)(=O)C6(CF)CC6)C[C@H]5/C=C\CC[C@@H](C)C[C@@H](C)[C@H](NC(=O)OC(C)(C)C)C(=O)N4C3)nc(N(C)C)cc2c1. The summed E-state index contributed by atoms with van der Waals surface area (Å²) in [5.74, 6) is -1.53. The summed E-state index contributed by atoms with van der Waals surface area (Å²) in [5, 5.41) is 7.10. The van der Waals surface area contributed by atoms with Gasteiger partial charge in [-0.25, -0.2) is 17.6 Å². The maximum absolute atomic E-state index is 14.9. The van der Waals surface area contributed by atoms with Crippen LogP contribution in [0, 0.1) is 17.8 Å². The van der Waals surface area contributed by atoms with Crippen molar-refractivity contribution >= 4 is 50.4 Å². The molecule has 1 aromatic heterocycles. The number of amides is 4. The number of methoxy groups -OCH3 is 1. The third-order valence-corrected chi connectivity index (χ3v) is 13.8. The average Bonchev–Trinajstić information content (AvgIpc) is 4.05. The Balaban J connectivity index is 1.37. The van der Waals surface area contributed by atoms with Crippen LogP contribution in [0.3, 0.4) is 0 Å². The number of alkyl carbamates (subject to hydrolysis) is 1. The van der Waals surface area contributed by atoms with Gasteiger partial charge in [-0.1, -0.05) is 26.0 Å². The molecule has 4 aliphatic rings. The maximum atomic E-state index is 14.9. The van der Waals surface area contributed by atoms with E-state index >= 15 is 0 Å². The Bertz CT molecular complexity index is 2070. The van der Waals surface area contributed by atoms with Crippen molar-refractivity contribution < 1.29 is 46.2 Å². The number of carbonyl (C=O) groups excluding carboxylic acids is 4. The number of halogens is 1. The molecule has 2 aliphatic heterocycles. The number of alkyl halides is 1. The first-order chi connectivity index (χ1) is 27.2. The van der Waals surface area contributed by atoms with Crippen molar-refractivity contribution in [3.8, 4) is 11.6 Å². The second-order valence-electron chi connectivity index (χ2n) is 17.7. The molecule has 6 rings (SSSR count). The Labute approximate surface area is 339 Å². The molecule has 4 amide bonds. The third kappa shape index (κ3) is 8.98. The topological polar surface area (TPSA) is 186 Å². The Morgan fingerprint density at radius 3 is 2.48 bits per heavy atom. The van der Waals surface area contributed by atoms with E-state index < -0.39 is 80.5 Å². The van der Waals surface area contributed by atoms with Crippen molar-refractivity contribution in [3.63, 3.8) is 0 Å². The maximum Gasteiger partial charge on any atom is 0.408 e. The molecule has 3 N–H and O–H groups in total. The molecule has 3 fully saturated rings. The van der Waals surface area contributed by atoms with E-state index in [0.29, 0.717) is 29.8 Å². The Hall–Kier alpha value is -4.67. The van der Waals surface area contributed by atoms with Crippen LogP contribution in [0.5, 0.6) is 11.6 Å². The van der Waals surface area contributed by atoms with Crippen molar-refractivity contribution in [3.05, 3.63) is 36.4 Å². The lowest BCUT2D eigenvalue weighted by atomic mass is 9.88. The fraction of sp³-hybridized carbons (Fsp3) is 0.634. The van der Waals surface area contributed by atoms with E-state index in [-0.39, 0.29) is 49.9 Å². The molecular formula is C41H57FN6O9S. The van der Waals surface area contributed by atoms with Gasteiger partial charge in [0.25, 0.3) is 5.91 Å². The van der Waals surface area contributed by atoms with Gasteiger partial charge in [-0.2, -0.15) is 4.98 Å². The zero-order valence-corrected chi connectivity index (χ0v) is 35.4. The van der Waals surface area contributed by atoms with Crippen molar-refractivity contribution in [2.75, 3.05) is 39.3 Å². The van der Waals surface area contributed by atoms with Crippen molar-refractivity contribution in [2.24, 2.45) is 17.8 Å². The Morgan fingerprint density at radius 1 is 1.12 bits per heavy atom. The minimum atomic E-state index is -4.39. The summed E-state index contributed by atoms with van der Waals surface area (Å²) in [6, 6.07) is 5.04. The molecular weight excluding hydrogens is 772 g/mol. The number of ether oxygens (including phenoxy) is 3.